The maximum absolute atomic E-state index is 11.6. The zero-order valence-electron chi connectivity index (χ0n) is 10.00. The van der Waals surface area contributed by atoms with E-state index in [1.54, 1.807) is 24.5 Å². The molecule has 0 saturated carbocycles. The van der Waals surface area contributed by atoms with E-state index in [1.165, 1.54) is 12.1 Å². The average molecular weight is 260 g/mol. The summed E-state index contributed by atoms with van der Waals surface area (Å²) in [4.78, 5) is 28.5. The lowest BCUT2D eigenvalue weighted by molar-refractivity contribution is -0.384. The van der Waals surface area contributed by atoms with Gasteiger partial charge in [-0.1, -0.05) is 12.1 Å². The van der Waals surface area contributed by atoms with Crippen LogP contribution in [0.25, 0.3) is 0 Å². The Kier molecular flexibility index (Phi) is 3.87. The summed E-state index contributed by atoms with van der Waals surface area (Å²) in [7, 11) is 0. The molecule has 0 aliphatic rings. The smallest absolute Gasteiger partial charge is 0.269 e. The Hall–Kier alpha value is -2.70. The van der Waals surface area contributed by atoms with E-state index in [9.17, 15) is 14.9 Å². The maximum atomic E-state index is 11.6. The van der Waals surface area contributed by atoms with E-state index in [2.05, 4.69) is 15.3 Å². The zero-order valence-corrected chi connectivity index (χ0v) is 10.00. The summed E-state index contributed by atoms with van der Waals surface area (Å²) in [6.45, 7) is 0.332. The normalized spacial score (nSPS) is 10.1. The van der Waals surface area contributed by atoms with Crippen LogP contribution < -0.4 is 5.32 Å². The van der Waals surface area contributed by atoms with Gasteiger partial charge in [0.2, 0.25) is 5.91 Å². The standard InChI is InChI=1S/C12H12N4O3/c17-12(15-8-11-13-5-6-14-11)7-9-1-3-10(4-2-9)16(18)19/h1-6H,7-8H2,(H,13,14)(H,15,17). The molecule has 0 bridgehead atoms. The molecule has 1 aromatic carbocycles. The van der Waals surface area contributed by atoms with E-state index in [0.717, 1.165) is 5.56 Å². The van der Waals surface area contributed by atoms with Crippen molar-refractivity contribution in [1.29, 1.82) is 0 Å². The van der Waals surface area contributed by atoms with Crippen LogP contribution in [-0.4, -0.2) is 20.8 Å². The van der Waals surface area contributed by atoms with Crippen LogP contribution in [0.5, 0.6) is 0 Å². The van der Waals surface area contributed by atoms with Crippen LogP contribution in [0.1, 0.15) is 11.4 Å². The van der Waals surface area contributed by atoms with Gasteiger partial charge in [-0.15, -0.1) is 0 Å². The number of carbonyl (C=O) groups excluding carboxylic acids is 1. The van der Waals surface area contributed by atoms with Gasteiger partial charge in [0.15, 0.2) is 0 Å². The molecule has 1 aromatic heterocycles. The molecule has 98 valence electrons. The summed E-state index contributed by atoms with van der Waals surface area (Å²) in [6.07, 6.45) is 3.47. The molecule has 0 spiro atoms. The van der Waals surface area contributed by atoms with Crippen molar-refractivity contribution in [2.75, 3.05) is 0 Å². The highest BCUT2D eigenvalue weighted by Crippen LogP contribution is 2.12. The first kappa shape index (κ1) is 12.7. The number of nitrogens with one attached hydrogen (secondary N) is 2. The van der Waals surface area contributed by atoms with Crippen LogP contribution in [0.4, 0.5) is 5.69 Å². The van der Waals surface area contributed by atoms with Crippen molar-refractivity contribution < 1.29 is 9.72 Å². The Labute approximate surface area is 108 Å². The van der Waals surface area contributed by atoms with Crippen molar-refractivity contribution in [3.8, 4) is 0 Å². The molecule has 7 heteroatoms. The molecular weight excluding hydrogens is 248 g/mol. The number of aromatic amines is 1. The van der Waals surface area contributed by atoms with Crippen LogP contribution in [0.3, 0.4) is 0 Å². The lowest BCUT2D eigenvalue weighted by Crippen LogP contribution is -2.25. The van der Waals surface area contributed by atoms with Crippen LogP contribution in [0.15, 0.2) is 36.7 Å². The third kappa shape index (κ3) is 3.63. The number of nitrogens with zero attached hydrogens (tertiary/aromatic N) is 2. The van der Waals surface area contributed by atoms with Crippen molar-refractivity contribution >= 4 is 11.6 Å². The third-order valence-corrected chi connectivity index (χ3v) is 2.52. The fourth-order valence-corrected chi connectivity index (χ4v) is 1.56. The number of H-pyrrole nitrogens is 1. The SMILES string of the molecule is O=C(Cc1ccc([N+](=O)[O-])cc1)NCc1ncc[nH]1. The van der Waals surface area contributed by atoms with Gasteiger partial charge in [-0.2, -0.15) is 0 Å². The molecule has 0 fully saturated rings. The van der Waals surface area contributed by atoms with E-state index >= 15 is 0 Å². The topological polar surface area (TPSA) is 101 Å². The van der Waals surface area contributed by atoms with Gasteiger partial charge < -0.3 is 10.3 Å². The molecule has 0 unspecified atom stereocenters. The van der Waals surface area contributed by atoms with Crippen LogP contribution >= 0.6 is 0 Å². The second-order valence-electron chi connectivity index (χ2n) is 3.91. The number of amides is 1. The van der Waals surface area contributed by atoms with Crippen LogP contribution in [-0.2, 0) is 17.8 Å². The second-order valence-corrected chi connectivity index (χ2v) is 3.91. The molecule has 0 atom stereocenters. The highest BCUT2D eigenvalue weighted by molar-refractivity contribution is 5.78. The molecule has 2 aromatic rings. The number of imidazole rings is 1. The quantitative estimate of drug-likeness (QED) is 0.622. The van der Waals surface area contributed by atoms with Crippen molar-refractivity contribution in [3.05, 3.63) is 58.2 Å². The lowest BCUT2D eigenvalue weighted by atomic mass is 10.1. The van der Waals surface area contributed by atoms with Crippen LogP contribution in [0, 0.1) is 10.1 Å². The Morgan fingerprint density at radius 2 is 2.11 bits per heavy atom. The Bertz CT molecular complexity index is 563. The van der Waals surface area contributed by atoms with Crippen LogP contribution in [0.2, 0.25) is 0 Å². The molecule has 7 nitrogen and oxygen atoms in total. The molecular formula is C12H12N4O3. The van der Waals surface area contributed by atoms with Gasteiger partial charge in [0.25, 0.3) is 5.69 Å². The molecule has 0 aliphatic heterocycles. The predicted molar refractivity (Wildman–Crippen MR) is 67.2 cm³/mol. The molecule has 0 saturated heterocycles. The van der Waals surface area contributed by atoms with Gasteiger partial charge in [0, 0.05) is 24.5 Å². The average Bonchev–Trinajstić information content (AvgIpc) is 2.90. The number of aromatic nitrogens is 2. The molecule has 1 amide bonds. The highest BCUT2D eigenvalue weighted by Gasteiger charge is 2.07. The number of rotatable bonds is 5. The summed E-state index contributed by atoms with van der Waals surface area (Å²) in [6, 6.07) is 5.92. The van der Waals surface area contributed by atoms with E-state index < -0.39 is 4.92 Å². The largest absolute Gasteiger partial charge is 0.349 e. The van der Waals surface area contributed by atoms with Crippen molar-refractivity contribution in [2.45, 2.75) is 13.0 Å². The summed E-state index contributed by atoms with van der Waals surface area (Å²) >= 11 is 0. The molecule has 1 heterocycles. The fourth-order valence-electron chi connectivity index (χ4n) is 1.56. The minimum absolute atomic E-state index is 0.0137. The molecule has 2 rings (SSSR count). The monoisotopic (exact) mass is 260 g/mol. The summed E-state index contributed by atoms with van der Waals surface area (Å²) < 4.78 is 0. The highest BCUT2D eigenvalue weighted by atomic mass is 16.6. The van der Waals surface area contributed by atoms with Gasteiger partial charge in [0.1, 0.15) is 5.82 Å². The van der Waals surface area contributed by atoms with E-state index in [1.807, 2.05) is 0 Å². The first-order chi connectivity index (χ1) is 9.15. The molecule has 0 radical (unpaired) electrons. The number of hydrogen-bond donors (Lipinski definition) is 2. The van der Waals surface area contributed by atoms with Crippen molar-refractivity contribution in [3.63, 3.8) is 0 Å². The number of non-ortho nitro benzene ring substituents is 1. The minimum atomic E-state index is -0.471. The summed E-state index contributed by atoms with van der Waals surface area (Å²) in [5.74, 6) is 0.516. The maximum Gasteiger partial charge on any atom is 0.269 e. The first-order valence-corrected chi connectivity index (χ1v) is 5.63. The van der Waals surface area contributed by atoms with Gasteiger partial charge in [-0.25, -0.2) is 4.98 Å². The predicted octanol–water partition coefficient (Wildman–Crippen LogP) is 1.18. The first-order valence-electron chi connectivity index (χ1n) is 5.63. The third-order valence-electron chi connectivity index (χ3n) is 2.52. The minimum Gasteiger partial charge on any atom is -0.349 e. The van der Waals surface area contributed by atoms with E-state index in [4.69, 9.17) is 0 Å². The molecule has 0 aliphatic carbocycles. The Balaban J connectivity index is 1.86. The number of nitro benzene ring substituents is 1. The number of hydrogen-bond acceptors (Lipinski definition) is 4. The fraction of sp³-hybridized carbons (Fsp3) is 0.167. The number of benzene rings is 1. The lowest BCUT2D eigenvalue weighted by Gasteiger charge is -2.03. The van der Waals surface area contributed by atoms with Gasteiger partial charge in [-0.05, 0) is 5.56 Å². The summed E-state index contributed by atoms with van der Waals surface area (Å²) in [5, 5.41) is 13.2. The summed E-state index contributed by atoms with van der Waals surface area (Å²) in [5.41, 5.74) is 0.738. The van der Waals surface area contributed by atoms with Gasteiger partial charge >= 0.3 is 0 Å². The van der Waals surface area contributed by atoms with E-state index in [0.29, 0.717) is 12.4 Å². The van der Waals surface area contributed by atoms with Crippen molar-refractivity contribution in [2.24, 2.45) is 0 Å². The Morgan fingerprint density at radius 1 is 1.37 bits per heavy atom. The Morgan fingerprint density at radius 3 is 2.68 bits per heavy atom. The number of carbonyl (C=O) groups is 1. The molecule has 19 heavy (non-hydrogen) atoms. The van der Waals surface area contributed by atoms with Gasteiger partial charge in [0.05, 0.1) is 17.9 Å². The molecule has 2 N–H and O–H groups in total. The van der Waals surface area contributed by atoms with E-state index in [-0.39, 0.29) is 18.0 Å². The number of nitro groups is 1. The van der Waals surface area contributed by atoms with Crippen molar-refractivity contribution in [1.82, 2.24) is 15.3 Å². The van der Waals surface area contributed by atoms with Gasteiger partial charge in [-0.3, -0.25) is 14.9 Å². The zero-order chi connectivity index (χ0) is 13.7. The second kappa shape index (κ2) is 5.76.